The van der Waals surface area contributed by atoms with Gasteiger partial charge in [0.2, 0.25) is 5.88 Å². The third-order valence-electron chi connectivity index (χ3n) is 1.96. The highest BCUT2D eigenvalue weighted by molar-refractivity contribution is 5.26. The van der Waals surface area contributed by atoms with Crippen LogP contribution in [0.2, 0.25) is 0 Å². The molecule has 2 rings (SSSR count). The van der Waals surface area contributed by atoms with Gasteiger partial charge >= 0.3 is 5.69 Å². The Bertz CT molecular complexity index is 429. The number of hydrogen-bond donors (Lipinski definition) is 1. The van der Waals surface area contributed by atoms with E-state index in [0.717, 1.165) is 4.57 Å². The SMILES string of the molecule is Cn1c(=O)[nH]c2c(c1=O)CCO2. The van der Waals surface area contributed by atoms with Gasteiger partial charge in [0.15, 0.2) is 0 Å². The number of rotatable bonds is 0. The summed E-state index contributed by atoms with van der Waals surface area (Å²) in [6.45, 7) is 0.477. The minimum Gasteiger partial charge on any atom is -0.478 e. The van der Waals surface area contributed by atoms with E-state index >= 15 is 0 Å². The smallest absolute Gasteiger partial charge is 0.330 e. The molecule has 1 aliphatic rings. The average molecular weight is 168 g/mol. The van der Waals surface area contributed by atoms with E-state index in [2.05, 4.69) is 4.98 Å². The zero-order valence-corrected chi connectivity index (χ0v) is 6.59. The number of aromatic amines is 1. The molecule has 64 valence electrons. The summed E-state index contributed by atoms with van der Waals surface area (Å²) in [5.41, 5.74) is -0.121. The molecule has 12 heavy (non-hydrogen) atoms. The average Bonchev–Trinajstić information content (AvgIpc) is 2.48. The molecule has 0 spiro atoms. The molecule has 0 unspecified atom stereocenters. The van der Waals surface area contributed by atoms with Crippen molar-refractivity contribution in [1.82, 2.24) is 9.55 Å². The van der Waals surface area contributed by atoms with Gasteiger partial charge in [-0.25, -0.2) is 4.79 Å². The van der Waals surface area contributed by atoms with E-state index < -0.39 is 5.69 Å². The van der Waals surface area contributed by atoms with E-state index in [0.29, 0.717) is 24.5 Å². The summed E-state index contributed by atoms with van der Waals surface area (Å²) in [7, 11) is 1.44. The Balaban J connectivity index is 2.85. The van der Waals surface area contributed by atoms with Crippen molar-refractivity contribution in [3.63, 3.8) is 0 Å². The lowest BCUT2D eigenvalue weighted by atomic mass is 10.3. The molecule has 0 saturated heterocycles. The van der Waals surface area contributed by atoms with E-state index in [9.17, 15) is 9.59 Å². The molecule has 2 heterocycles. The van der Waals surface area contributed by atoms with Gasteiger partial charge in [-0.05, 0) is 0 Å². The van der Waals surface area contributed by atoms with Crippen LogP contribution in [-0.2, 0) is 13.5 Å². The van der Waals surface area contributed by atoms with E-state index in [1.165, 1.54) is 7.05 Å². The first-order chi connectivity index (χ1) is 5.70. The molecule has 5 heteroatoms. The Morgan fingerprint density at radius 1 is 1.50 bits per heavy atom. The Labute approximate surface area is 67.6 Å². The van der Waals surface area contributed by atoms with Gasteiger partial charge in [-0.2, -0.15) is 0 Å². The first-order valence-electron chi connectivity index (χ1n) is 3.65. The van der Waals surface area contributed by atoms with Crippen LogP contribution in [0.5, 0.6) is 5.88 Å². The predicted octanol–water partition coefficient (Wildman–Crippen LogP) is -0.992. The number of nitrogens with zero attached hydrogens (tertiary/aromatic N) is 1. The molecule has 0 bridgehead atoms. The maximum Gasteiger partial charge on any atom is 0.330 e. The van der Waals surface area contributed by atoms with Crippen LogP contribution in [0.25, 0.3) is 0 Å². The fraction of sp³-hybridized carbons (Fsp3) is 0.429. The number of H-pyrrole nitrogens is 1. The van der Waals surface area contributed by atoms with Gasteiger partial charge in [0, 0.05) is 13.5 Å². The molecule has 0 aromatic carbocycles. The van der Waals surface area contributed by atoms with Crippen LogP contribution in [0.4, 0.5) is 0 Å². The fourth-order valence-corrected chi connectivity index (χ4v) is 1.25. The van der Waals surface area contributed by atoms with Gasteiger partial charge in [0.1, 0.15) is 0 Å². The Kier molecular flexibility index (Phi) is 1.33. The second-order valence-corrected chi connectivity index (χ2v) is 2.70. The zero-order valence-electron chi connectivity index (χ0n) is 6.59. The number of hydrogen-bond acceptors (Lipinski definition) is 3. The van der Waals surface area contributed by atoms with E-state index in [-0.39, 0.29) is 5.56 Å². The summed E-state index contributed by atoms with van der Waals surface area (Å²) in [5.74, 6) is 0.336. The first-order valence-corrected chi connectivity index (χ1v) is 3.65. The summed E-state index contributed by atoms with van der Waals surface area (Å²) >= 11 is 0. The minimum absolute atomic E-state index is 0.258. The molecule has 5 nitrogen and oxygen atoms in total. The second kappa shape index (κ2) is 2.23. The zero-order chi connectivity index (χ0) is 8.72. The lowest BCUT2D eigenvalue weighted by Gasteiger charge is -1.99. The largest absolute Gasteiger partial charge is 0.478 e. The van der Waals surface area contributed by atoms with Crippen LogP contribution < -0.4 is 16.0 Å². The number of fused-ring (bicyclic) bond motifs is 1. The Hall–Kier alpha value is -1.52. The lowest BCUT2D eigenvalue weighted by Crippen LogP contribution is -2.33. The Morgan fingerprint density at radius 3 is 3.00 bits per heavy atom. The molecule has 1 N–H and O–H groups in total. The van der Waals surface area contributed by atoms with Crippen molar-refractivity contribution in [2.24, 2.45) is 7.05 Å². The summed E-state index contributed by atoms with van der Waals surface area (Å²) in [6.07, 6.45) is 0.582. The van der Waals surface area contributed by atoms with E-state index in [1.807, 2.05) is 0 Å². The van der Waals surface area contributed by atoms with Crippen LogP contribution >= 0.6 is 0 Å². The van der Waals surface area contributed by atoms with Gasteiger partial charge < -0.3 is 4.74 Å². The van der Waals surface area contributed by atoms with Crippen molar-refractivity contribution in [3.05, 3.63) is 26.4 Å². The molecule has 1 aromatic heterocycles. The topological polar surface area (TPSA) is 64.1 Å². The second-order valence-electron chi connectivity index (χ2n) is 2.70. The highest BCUT2D eigenvalue weighted by Crippen LogP contribution is 2.15. The molecule has 1 aliphatic heterocycles. The van der Waals surface area contributed by atoms with Crippen molar-refractivity contribution in [2.75, 3.05) is 6.61 Å². The highest BCUT2D eigenvalue weighted by atomic mass is 16.5. The van der Waals surface area contributed by atoms with E-state index in [4.69, 9.17) is 4.74 Å². The molecule has 0 atom stereocenters. The van der Waals surface area contributed by atoms with Crippen LogP contribution in [-0.4, -0.2) is 16.2 Å². The van der Waals surface area contributed by atoms with E-state index in [1.54, 1.807) is 0 Å². The Morgan fingerprint density at radius 2 is 2.25 bits per heavy atom. The van der Waals surface area contributed by atoms with Gasteiger partial charge in [-0.1, -0.05) is 0 Å². The summed E-state index contributed by atoms with van der Waals surface area (Å²) < 4.78 is 6.10. The first kappa shape index (κ1) is 7.15. The number of nitrogens with one attached hydrogen (secondary N) is 1. The third kappa shape index (κ3) is 0.792. The van der Waals surface area contributed by atoms with Gasteiger partial charge in [0.25, 0.3) is 5.56 Å². The molecule has 0 aliphatic carbocycles. The summed E-state index contributed by atoms with van der Waals surface area (Å²) in [6, 6.07) is 0. The number of aromatic nitrogens is 2. The standard InChI is InChI=1S/C7H8N2O3/c1-9-6(10)4-2-3-12-5(4)8-7(9)11/h2-3H2,1H3,(H,8,11). The highest BCUT2D eigenvalue weighted by Gasteiger charge is 2.18. The molecular weight excluding hydrogens is 160 g/mol. The van der Waals surface area contributed by atoms with Crippen LogP contribution in [0, 0.1) is 0 Å². The molecule has 0 saturated carbocycles. The van der Waals surface area contributed by atoms with Crippen molar-refractivity contribution < 1.29 is 4.74 Å². The molecule has 1 aromatic rings. The van der Waals surface area contributed by atoms with Gasteiger partial charge in [-0.15, -0.1) is 0 Å². The maximum atomic E-state index is 11.3. The van der Waals surface area contributed by atoms with Crippen molar-refractivity contribution in [2.45, 2.75) is 6.42 Å². The van der Waals surface area contributed by atoms with Crippen LogP contribution in [0.15, 0.2) is 9.59 Å². The monoisotopic (exact) mass is 168 g/mol. The van der Waals surface area contributed by atoms with Crippen molar-refractivity contribution in [1.29, 1.82) is 0 Å². The fourth-order valence-electron chi connectivity index (χ4n) is 1.25. The lowest BCUT2D eigenvalue weighted by molar-refractivity contribution is 0.343. The third-order valence-corrected chi connectivity index (χ3v) is 1.96. The normalized spacial score (nSPS) is 14.1. The quantitative estimate of drug-likeness (QED) is 0.541. The summed E-state index contributed by atoms with van der Waals surface area (Å²) in [5, 5.41) is 0. The molecule has 0 radical (unpaired) electrons. The molecule has 0 fully saturated rings. The van der Waals surface area contributed by atoms with Gasteiger partial charge in [-0.3, -0.25) is 14.3 Å². The minimum atomic E-state index is -0.430. The van der Waals surface area contributed by atoms with Crippen LogP contribution in [0.3, 0.4) is 0 Å². The number of ether oxygens (including phenoxy) is 1. The predicted molar refractivity (Wildman–Crippen MR) is 41.5 cm³/mol. The molecule has 0 amide bonds. The van der Waals surface area contributed by atoms with Crippen LogP contribution in [0.1, 0.15) is 5.56 Å². The van der Waals surface area contributed by atoms with Crippen molar-refractivity contribution in [3.8, 4) is 5.88 Å². The molecular formula is C7H8N2O3. The maximum absolute atomic E-state index is 11.3. The summed E-state index contributed by atoms with van der Waals surface area (Å²) in [4.78, 5) is 24.9. The van der Waals surface area contributed by atoms with Gasteiger partial charge in [0.05, 0.1) is 12.2 Å². The van der Waals surface area contributed by atoms with Crippen molar-refractivity contribution >= 4 is 0 Å².